The Morgan fingerprint density at radius 1 is 0.871 bits per heavy atom. The number of aromatic nitrogens is 1. The summed E-state index contributed by atoms with van der Waals surface area (Å²) in [5.41, 5.74) is 3.16. The number of hydrogen-bond donors (Lipinski definition) is 0. The summed E-state index contributed by atoms with van der Waals surface area (Å²) in [6, 6.07) is 8.31. The first-order chi connectivity index (χ1) is 15.1. The van der Waals surface area contributed by atoms with Gasteiger partial charge >= 0.3 is 0 Å². The lowest BCUT2D eigenvalue weighted by atomic mass is 10.2. The molecule has 0 spiro atoms. The summed E-state index contributed by atoms with van der Waals surface area (Å²) in [4.78, 5) is 36.2. The third-order valence-electron chi connectivity index (χ3n) is 6.23. The van der Waals surface area contributed by atoms with Crippen LogP contribution in [-0.2, 0) is 16.0 Å². The van der Waals surface area contributed by atoms with Gasteiger partial charge < -0.3 is 9.80 Å². The van der Waals surface area contributed by atoms with E-state index < -0.39 is 0 Å². The molecular formula is C24H32N4O2S. The highest BCUT2D eigenvalue weighted by Gasteiger charge is 2.25. The summed E-state index contributed by atoms with van der Waals surface area (Å²) in [6.45, 7) is 7.23. The van der Waals surface area contributed by atoms with Crippen LogP contribution >= 0.6 is 11.3 Å². The molecule has 0 saturated carbocycles. The van der Waals surface area contributed by atoms with Crippen LogP contribution in [-0.4, -0.2) is 77.3 Å². The van der Waals surface area contributed by atoms with Crippen LogP contribution in [0.5, 0.6) is 0 Å². The van der Waals surface area contributed by atoms with Crippen molar-refractivity contribution in [1.82, 2.24) is 19.7 Å². The van der Waals surface area contributed by atoms with Gasteiger partial charge in [0.1, 0.15) is 5.01 Å². The fourth-order valence-corrected chi connectivity index (χ4v) is 5.08. The van der Waals surface area contributed by atoms with Crippen LogP contribution < -0.4 is 0 Å². The molecule has 0 bridgehead atoms. The molecule has 2 amide bonds. The van der Waals surface area contributed by atoms with Gasteiger partial charge in [0.05, 0.1) is 18.7 Å². The van der Waals surface area contributed by atoms with E-state index in [0.717, 1.165) is 55.3 Å². The molecule has 0 unspecified atom stereocenters. The number of rotatable bonds is 5. The molecular weight excluding hydrogens is 408 g/mol. The minimum atomic E-state index is 0.124. The number of likely N-dealkylation sites (tertiary alicyclic amines) is 1. The van der Waals surface area contributed by atoms with Crippen molar-refractivity contribution in [2.75, 3.05) is 45.8 Å². The number of piperazine rings is 1. The second kappa shape index (κ2) is 10.4. The number of carbonyl (C=O) groups is 2. The van der Waals surface area contributed by atoms with Crippen molar-refractivity contribution in [3.8, 4) is 10.6 Å². The van der Waals surface area contributed by atoms with Gasteiger partial charge in [0, 0.05) is 50.2 Å². The Balaban J connectivity index is 1.24. The standard InChI is InChI=1S/C24H32N4O2S/c1-19-6-8-20(9-7-19)24-25-21(18-31-24)16-22(29)28-14-12-26(13-15-28)17-23(30)27-10-4-2-3-5-11-27/h6-9,18H,2-5,10-17H2,1H3. The number of hydrogen-bond acceptors (Lipinski definition) is 5. The van der Waals surface area contributed by atoms with Crippen molar-refractivity contribution in [1.29, 1.82) is 0 Å². The Morgan fingerprint density at radius 2 is 1.52 bits per heavy atom. The monoisotopic (exact) mass is 440 g/mol. The van der Waals surface area contributed by atoms with Gasteiger partial charge in [-0.15, -0.1) is 11.3 Å². The third kappa shape index (κ3) is 5.92. The second-order valence-electron chi connectivity index (χ2n) is 8.64. The number of benzene rings is 1. The zero-order valence-electron chi connectivity index (χ0n) is 18.4. The summed E-state index contributed by atoms with van der Waals surface area (Å²) in [7, 11) is 0. The molecule has 7 heteroatoms. The smallest absolute Gasteiger partial charge is 0.236 e. The van der Waals surface area contributed by atoms with Gasteiger partial charge in [0.15, 0.2) is 0 Å². The molecule has 0 N–H and O–H groups in total. The Labute approximate surface area is 188 Å². The largest absolute Gasteiger partial charge is 0.342 e. The lowest BCUT2D eigenvalue weighted by Crippen LogP contribution is -2.52. The van der Waals surface area contributed by atoms with Crippen LogP contribution in [0.3, 0.4) is 0 Å². The van der Waals surface area contributed by atoms with E-state index in [1.807, 2.05) is 15.2 Å². The predicted molar refractivity (Wildman–Crippen MR) is 124 cm³/mol. The minimum Gasteiger partial charge on any atom is -0.342 e. The third-order valence-corrected chi connectivity index (χ3v) is 7.17. The molecule has 2 saturated heterocycles. The number of nitrogens with zero attached hydrogens (tertiary/aromatic N) is 4. The first-order valence-corrected chi connectivity index (χ1v) is 12.3. The highest BCUT2D eigenvalue weighted by molar-refractivity contribution is 7.13. The fourth-order valence-electron chi connectivity index (χ4n) is 4.25. The van der Waals surface area contributed by atoms with Crippen LogP contribution in [0.25, 0.3) is 10.6 Å². The van der Waals surface area contributed by atoms with Crippen LogP contribution in [0.1, 0.15) is 36.9 Å². The Kier molecular flexibility index (Phi) is 7.35. The first-order valence-electron chi connectivity index (χ1n) is 11.4. The van der Waals surface area contributed by atoms with E-state index in [4.69, 9.17) is 0 Å². The number of carbonyl (C=O) groups excluding carboxylic acids is 2. The van der Waals surface area contributed by atoms with E-state index in [2.05, 4.69) is 41.1 Å². The molecule has 166 valence electrons. The van der Waals surface area contributed by atoms with Gasteiger partial charge in [-0.1, -0.05) is 42.7 Å². The lowest BCUT2D eigenvalue weighted by molar-refractivity contribution is -0.134. The maximum Gasteiger partial charge on any atom is 0.236 e. The number of amides is 2. The van der Waals surface area contributed by atoms with E-state index in [1.165, 1.54) is 18.4 Å². The average molecular weight is 441 g/mol. The Morgan fingerprint density at radius 3 is 2.19 bits per heavy atom. The van der Waals surface area contributed by atoms with Crippen LogP contribution in [0, 0.1) is 6.92 Å². The quantitative estimate of drug-likeness (QED) is 0.716. The van der Waals surface area contributed by atoms with Crippen molar-refractivity contribution in [3.63, 3.8) is 0 Å². The molecule has 2 aliphatic heterocycles. The second-order valence-corrected chi connectivity index (χ2v) is 9.50. The lowest BCUT2D eigenvalue weighted by Gasteiger charge is -2.35. The SMILES string of the molecule is Cc1ccc(-c2nc(CC(=O)N3CCN(CC(=O)N4CCCCCC4)CC3)cs2)cc1. The van der Waals surface area contributed by atoms with Gasteiger partial charge in [-0.25, -0.2) is 4.98 Å². The van der Waals surface area contributed by atoms with Gasteiger partial charge in [0.25, 0.3) is 0 Å². The molecule has 2 fully saturated rings. The van der Waals surface area contributed by atoms with E-state index in [9.17, 15) is 9.59 Å². The molecule has 31 heavy (non-hydrogen) atoms. The van der Waals surface area contributed by atoms with Gasteiger partial charge in [0.2, 0.25) is 11.8 Å². The maximum absolute atomic E-state index is 12.8. The molecule has 4 rings (SSSR count). The highest BCUT2D eigenvalue weighted by Crippen LogP contribution is 2.24. The molecule has 2 aliphatic rings. The summed E-state index contributed by atoms with van der Waals surface area (Å²) in [6.07, 6.45) is 5.05. The van der Waals surface area contributed by atoms with E-state index >= 15 is 0 Å². The molecule has 6 nitrogen and oxygen atoms in total. The Bertz CT molecular complexity index is 879. The zero-order chi connectivity index (χ0) is 21.6. The summed E-state index contributed by atoms with van der Waals surface area (Å²) < 4.78 is 0. The van der Waals surface area contributed by atoms with E-state index in [-0.39, 0.29) is 11.8 Å². The predicted octanol–water partition coefficient (Wildman–Crippen LogP) is 3.21. The first kappa shape index (κ1) is 22.0. The van der Waals surface area contributed by atoms with Gasteiger partial charge in [-0.2, -0.15) is 0 Å². The maximum atomic E-state index is 12.8. The van der Waals surface area contributed by atoms with Gasteiger partial charge in [-0.05, 0) is 19.8 Å². The van der Waals surface area contributed by atoms with Crippen molar-refractivity contribution < 1.29 is 9.59 Å². The average Bonchev–Trinajstić information content (AvgIpc) is 3.06. The summed E-state index contributed by atoms with van der Waals surface area (Å²) in [5.74, 6) is 0.368. The van der Waals surface area contributed by atoms with Crippen molar-refractivity contribution in [3.05, 3.63) is 40.9 Å². The topological polar surface area (TPSA) is 56.8 Å². The molecule has 1 aromatic carbocycles. The molecule has 0 radical (unpaired) electrons. The fraction of sp³-hybridized carbons (Fsp3) is 0.542. The molecule has 3 heterocycles. The zero-order valence-corrected chi connectivity index (χ0v) is 19.2. The van der Waals surface area contributed by atoms with Gasteiger partial charge in [-0.3, -0.25) is 14.5 Å². The molecule has 2 aromatic rings. The highest BCUT2D eigenvalue weighted by atomic mass is 32.1. The van der Waals surface area contributed by atoms with Crippen LogP contribution in [0.15, 0.2) is 29.6 Å². The number of thiazole rings is 1. The molecule has 0 aliphatic carbocycles. The number of aryl methyl sites for hydroxylation is 1. The summed E-state index contributed by atoms with van der Waals surface area (Å²) in [5, 5.41) is 2.95. The normalized spacial score (nSPS) is 18.1. The molecule has 0 atom stereocenters. The minimum absolute atomic E-state index is 0.124. The molecule has 1 aromatic heterocycles. The van der Waals surface area contributed by atoms with E-state index in [0.29, 0.717) is 26.1 Å². The van der Waals surface area contributed by atoms with Crippen LogP contribution in [0.2, 0.25) is 0 Å². The van der Waals surface area contributed by atoms with Crippen LogP contribution in [0.4, 0.5) is 0 Å². The van der Waals surface area contributed by atoms with E-state index in [1.54, 1.807) is 11.3 Å². The Hall–Kier alpha value is -2.25. The van der Waals surface area contributed by atoms with Crippen molar-refractivity contribution >= 4 is 23.2 Å². The van der Waals surface area contributed by atoms with Crippen molar-refractivity contribution in [2.24, 2.45) is 0 Å². The summed E-state index contributed by atoms with van der Waals surface area (Å²) >= 11 is 1.59. The van der Waals surface area contributed by atoms with Crippen molar-refractivity contribution in [2.45, 2.75) is 39.0 Å².